The molecule has 2 aromatic carbocycles. The minimum Gasteiger partial charge on any atom is -0.492 e. The molecule has 1 heterocycles. The number of carboxylic acid groups (broad SMARTS) is 2. The number of carbonyl (C=O) groups is 2. The molecule has 1 aromatic heterocycles. The van der Waals surface area contributed by atoms with Crippen molar-refractivity contribution in [2.45, 2.75) is 17.5 Å². The van der Waals surface area contributed by atoms with E-state index in [9.17, 15) is 0 Å². The second-order valence-corrected chi connectivity index (χ2v) is 8.36. The van der Waals surface area contributed by atoms with Crippen LogP contribution in [0.15, 0.2) is 67.3 Å². The predicted octanol–water partition coefficient (Wildman–Crippen LogP) is 4.73. The van der Waals surface area contributed by atoms with Crippen molar-refractivity contribution in [2.75, 3.05) is 6.61 Å². The van der Waals surface area contributed by atoms with Gasteiger partial charge in [-0.25, -0.2) is 14.6 Å². The van der Waals surface area contributed by atoms with Crippen LogP contribution >= 0.6 is 35.0 Å². The molecule has 1 atom stereocenters. The van der Waals surface area contributed by atoms with E-state index in [1.165, 1.54) is 5.56 Å². The highest BCUT2D eigenvalue weighted by atomic mass is 35.5. The van der Waals surface area contributed by atoms with Crippen molar-refractivity contribution in [1.82, 2.24) is 9.55 Å². The minimum atomic E-state index is -1.82. The van der Waals surface area contributed by atoms with Crippen molar-refractivity contribution in [3.63, 3.8) is 0 Å². The molecule has 0 saturated heterocycles. The van der Waals surface area contributed by atoms with E-state index in [1.54, 1.807) is 6.20 Å². The third kappa shape index (κ3) is 9.78. The van der Waals surface area contributed by atoms with Gasteiger partial charge in [0.15, 0.2) is 0 Å². The fraction of sp³-hybridized carbons (Fsp3) is 0.190. The van der Waals surface area contributed by atoms with E-state index in [4.69, 9.17) is 47.7 Å². The molecule has 0 amide bonds. The number of benzene rings is 2. The van der Waals surface area contributed by atoms with E-state index in [1.807, 2.05) is 60.7 Å². The van der Waals surface area contributed by atoms with Crippen molar-refractivity contribution in [3.8, 4) is 5.75 Å². The Labute approximate surface area is 193 Å². The lowest BCUT2D eigenvalue weighted by atomic mass is 10.2. The fourth-order valence-corrected chi connectivity index (χ4v) is 3.61. The van der Waals surface area contributed by atoms with Crippen LogP contribution in [0.3, 0.4) is 0 Å². The Morgan fingerprint density at radius 3 is 2.10 bits per heavy atom. The maximum absolute atomic E-state index is 9.10. The first kappa shape index (κ1) is 24.6. The molecule has 1 unspecified atom stereocenters. The minimum absolute atomic E-state index is 0.292. The maximum atomic E-state index is 9.10. The van der Waals surface area contributed by atoms with Gasteiger partial charge in [-0.2, -0.15) is 0 Å². The Kier molecular flexibility index (Phi) is 10.2. The van der Waals surface area contributed by atoms with E-state index in [0.717, 1.165) is 23.1 Å². The van der Waals surface area contributed by atoms with E-state index < -0.39 is 11.9 Å². The largest absolute Gasteiger partial charge is 0.492 e. The number of rotatable bonds is 8. The lowest BCUT2D eigenvalue weighted by Crippen LogP contribution is -2.20. The molecule has 10 heteroatoms. The average Bonchev–Trinajstić information content (AvgIpc) is 3.26. The van der Waals surface area contributed by atoms with Crippen molar-refractivity contribution in [2.24, 2.45) is 0 Å². The quantitative estimate of drug-likeness (QED) is 0.447. The Bertz CT molecular complexity index is 889. The van der Waals surface area contributed by atoms with Crippen LogP contribution in [0.2, 0.25) is 10.0 Å². The molecule has 0 spiro atoms. The van der Waals surface area contributed by atoms with E-state index in [2.05, 4.69) is 21.7 Å². The van der Waals surface area contributed by atoms with Gasteiger partial charge >= 0.3 is 11.9 Å². The molecule has 164 valence electrons. The number of imidazole rings is 1. The van der Waals surface area contributed by atoms with Gasteiger partial charge in [-0.1, -0.05) is 35.3 Å². The maximum Gasteiger partial charge on any atom is 0.414 e. The molecular formula is C21H20Cl2N2O5S. The molecule has 0 aliphatic rings. The van der Waals surface area contributed by atoms with Gasteiger partial charge in [0.1, 0.15) is 12.4 Å². The summed E-state index contributed by atoms with van der Waals surface area (Å²) < 4.78 is 8.02. The number of aliphatic carboxylic acids is 2. The number of thioether (sulfide) groups is 1. The smallest absolute Gasteiger partial charge is 0.414 e. The van der Waals surface area contributed by atoms with Crippen molar-refractivity contribution >= 4 is 46.9 Å². The van der Waals surface area contributed by atoms with E-state index >= 15 is 0 Å². The van der Waals surface area contributed by atoms with Crippen LogP contribution in [-0.4, -0.2) is 43.6 Å². The van der Waals surface area contributed by atoms with Crippen LogP contribution in [0, 0.1) is 0 Å². The number of halogens is 2. The number of hydrogen-bond acceptors (Lipinski definition) is 5. The summed E-state index contributed by atoms with van der Waals surface area (Å²) >= 11 is 13.7. The second kappa shape index (κ2) is 12.9. The highest BCUT2D eigenvalue weighted by Gasteiger charge is 2.12. The van der Waals surface area contributed by atoms with Gasteiger partial charge in [0, 0.05) is 34.7 Å². The van der Waals surface area contributed by atoms with Gasteiger partial charge in [-0.15, -0.1) is 11.8 Å². The van der Waals surface area contributed by atoms with Gasteiger partial charge in [-0.3, -0.25) is 0 Å². The number of ether oxygens (including phenoxy) is 1. The van der Waals surface area contributed by atoms with E-state index in [-0.39, 0.29) is 0 Å². The number of nitrogens with zero attached hydrogens (tertiary/aromatic N) is 2. The second-order valence-electron chi connectivity index (χ2n) is 6.19. The zero-order valence-electron chi connectivity index (χ0n) is 16.2. The standard InChI is InChI=1S/C19H18Cl2N2OS.C2H2O4/c20-16-3-1-15(2-4-16)13-25-19(11-23-10-9-22-14-23)12-24-18-7-5-17(21)6-8-18;3-1(4)2(5)6/h1-10,14,19H,11-13H2;(H,3,4)(H,5,6). The van der Waals surface area contributed by atoms with Gasteiger partial charge in [-0.05, 0) is 42.0 Å². The monoisotopic (exact) mass is 482 g/mol. The van der Waals surface area contributed by atoms with E-state index in [0.29, 0.717) is 16.9 Å². The Hall–Kier alpha value is -2.68. The first-order valence-electron chi connectivity index (χ1n) is 9.00. The van der Waals surface area contributed by atoms with Gasteiger partial charge in [0.25, 0.3) is 0 Å². The zero-order chi connectivity index (χ0) is 22.6. The molecule has 0 fully saturated rings. The molecule has 0 saturated carbocycles. The fourth-order valence-electron chi connectivity index (χ4n) is 2.30. The first-order chi connectivity index (χ1) is 14.8. The third-order valence-electron chi connectivity index (χ3n) is 3.81. The van der Waals surface area contributed by atoms with Gasteiger partial charge in [0.05, 0.1) is 11.6 Å². The lowest BCUT2D eigenvalue weighted by Gasteiger charge is -2.18. The molecule has 0 aliphatic heterocycles. The summed E-state index contributed by atoms with van der Waals surface area (Å²) in [6, 6.07) is 15.4. The normalized spacial score (nSPS) is 11.2. The predicted molar refractivity (Wildman–Crippen MR) is 121 cm³/mol. The summed E-state index contributed by atoms with van der Waals surface area (Å²) in [5, 5.41) is 16.5. The Morgan fingerprint density at radius 2 is 1.58 bits per heavy atom. The highest BCUT2D eigenvalue weighted by molar-refractivity contribution is 7.99. The summed E-state index contributed by atoms with van der Waals surface area (Å²) in [7, 11) is 0. The van der Waals surface area contributed by atoms with Crippen LogP contribution in [0.1, 0.15) is 5.56 Å². The Morgan fingerprint density at radius 1 is 1.00 bits per heavy atom. The molecular weight excluding hydrogens is 463 g/mol. The van der Waals surface area contributed by atoms with Crippen LogP contribution in [0.5, 0.6) is 5.75 Å². The molecule has 7 nitrogen and oxygen atoms in total. The topological polar surface area (TPSA) is 102 Å². The third-order valence-corrected chi connectivity index (χ3v) is 5.57. The summed E-state index contributed by atoms with van der Waals surface area (Å²) in [6.45, 7) is 1.45. The SMILES string of the molecule is Clc1ccc(CSC(COc2ccc(Cl)cc2)Cn2ccnc2)cc1.O=C(O)C(=O)O. The molecule has 0 aliphatic carbocycles. The number of aromatic nitrogens is 2. The summed E-state index contributed by atoms with van der Waals surface area (Å²) in [5.41, 5.74) is 1.25. The van der Waals surface area contributed by atoms with Crippen molar-refractivity contribution in [3.05, 3.63) is 82.9 Å². The van der Waals surface area contributed by atoms with Crippen LogP contribution in [0.4, 0.5) is 0 Å². The van der Waals surface area contributed by atoms with Crippen molar-refractivity contribution < 1.29 is 24.5 Å². The molecule has 0 bridgehead atoms. The van der Waals surface area contributed by atoms with Crippen molar-refractivity contribution in [1.29, 1.82) is 0 Å². The summed E-state index contributed by atoms with van der Waals surface area (Å²) in [6.07, 6.45) is 5.59. The summed E-state index contributed by atoms with van der Waals surface area (Å²) in [4.78, 5) is 22.3. The lowest BCUT2D eigenvalue weighted by molar-refractivity contribution is -0.159. The van der Waals surface area contributed by atoms with Gasteiger partial charge < -0.3 is 19.5 Å². The number of carboxylic acids is 2. The molecule has 31 heavy (non-hydrogen) atoms. The molecule has 0 radical (unpaired) electrons. The first-order valence-corrected chi connectivity index (χ1v) is 10.8. The van der Waals surface area contributed by atoms with Crippen LogP contribution in [0.25, 0.3) is 0 Å². The van der Waals surface area contributed by atoms with Gasteiger partial charge in [0.2, 0.25) is 0 Å². The van der Waals surface area contributed by atoms with Crippen LogP contribution in [-0.2, 0) is 21.9 Å². The molecule has 3 aromatic rings. The Balaban J connectivity index is 0.000000501. The summed E-state index contributed by atoms with van der Waals surface area (Å²) in [5.74, 6) is -1.92. The zero-order valence-corrected chi connectivity index (χ0v) is 18.6. The van der Waals surface area contributed by atoms with Crippen LogP contribution < -0.4 is 4.74 Å². The molecule has 3 rings (SSSR count). The average molecular weight is 483 g/mol. The highest BCUT2D eigenvalue weighted by Crippen LogP contribution is 2.23. The molecule has 2 N–H and O–H groups in total. The number of hydrogen-bond donors (Lipinski definition) is 2.